The van der Waals surface area contributed by atoms with Gasteiger partial charge in [0, 0.05) is 39.2 Å². The molecule has 0 aliphatic rings. The van der Waals surface area contributed by atoms with E-state index in [0.717, 1.165) is 0 Å². The Morgan fingerprint density at radius 1 is 0.676 bits per heavy atom. The van der Waals surface area contributed by atoms with Gasteiger partial charge in [-0.15, -0.1) is 0 Å². The number of carbonyl (C=O) groups excluding carboxylic acids is 4. The van der Waals surface area contributed by atoms with Gasteiger partial charge in [0.15, 0.2) is 0 Å². The van der Waals surface area contributed by atoms with E-state index < -0.39 is 36.4 Å². The lowest BCUT2D eigenvalue weighted by Gasteiger charge is -2.18. The first kappa shape index (κ1) is 30.5. The van der Waals surface area contributed by atoms with Gasteiger partial charge in [-0.25, -0.2) is 19.2 Å². The summed E-state index contributed by atoms with van der Waals surface area (Å²) >= 11 is 0. The van der Waals surface area contributed by atoms with Gasteiger partial charge in [0.25, 0.3) is 0 Å². The van der Waals surface area contributed by atoms with Crippen LogP contribution in [0.5, 0.6) is 0 Å². The quantitative estimate of drug-likeness (QED) is 0.136. The highest BCUT2D eigenvalue weighted by Crippen LogP contribution is 2.00. The molecule has 0 saturated carbocycles. The number of hydrogen-bond acceptors (Lipinski definition) is 10. The Morgan fingerprint density at radius 2 is 1.06 bits per heavy atom. The van der Waals surface area contributed by atoms with Gasteiger partial charge in [0.1, 0.15) is 19.3 Å². The number of carbonyl (C=O) groups is 5. The average Bonchev–Trinajstić information content (AvgIpc) is 2.78. The van der Waals surface area contributed by atoms with Crippen molar-refractivity contribution < 1.29 is 52.8 Å². The van der Waals surface area contributed by atoms with Crippen molar-refractivity contribution in [2.24, 2.45) is 0 Å². The highest BCUT2D eigenvalue weighted by Gasteiger charge is 2.16. The molecule has 196 valence electrons. The smallest absolute Gasteiger partial charge is 0.407 e. The molecule has 0 unspecified atom stereocenters. The molecule has 34 heavy (non-hydrogen) atoms. The van der Waals surface area contributed by atoms with Crippen molar-refractivity contribution in [3.63, 3.8) is 0 Å². The second kappa shape index (κ2) is 20.1. The average molecular weight is 494 g/mol. The highest BCUT2D eigenvalue weighted by molar-refractivity contribution is 5.69. The maximum Gasteiger partial charge on any atom is 0.407 e. The van der Waals surface area contributed by atoms with Crippen molar-refractivity contribution in [2.45, 2.75) is 32.8 Å². The van der Waals surface area contributed by atoms with Gasteiger partial charge in [-0.3, -0.25) is 4.79 Å². The summed E-state index contributed by atoms with van der Waals surface area (Å²) in [6.45, 7) is 3.66. The van der Waals surface area contributed by atoms with E-state index in [2.05, 4.69) is 30.7 Å². The minimum absolute atomic E-state index is 0.0415. The van der Waals surface area contributed by atoms with Crippen LogP contribution in [0.2, 0.25) is 0 Å². The maximum absolute atomic E-state index is 11.8. The third-order valence-electron chi connectivity index (χ3n) is 3.57. The number of nitrogens with one attached hydrogen (secondary N) is 4. The molecule has 0 aromatic heterocycles. The maximum atomic E-state index is 11.8. The topological polar surface area (TPSA) is 200 Å². The fourth-order valence-corrected chi connectivity index (χ4v) is 2.08. The number of alkyl carbamates (subject to hydrolysis) is 4. The van der Waals surface area contributed by atoms with Crippen molar-refractivity contribution >= 4 is 30.3 Å². The van der Waals surface area contributed by atoms with Crippen LogP contribution in [0.4, 0.5) is 19.2 Å². The minimum atomic E-state index is -0.987. The van der Waals surface area contributed by atoms with Gasteiger partial charge in [-0.05, 0) is 20.3 Å². The molecule has 0 fully saturated rings. The van der Waals surface area contributed by atoms with E-state index in [0.29, 0.717) is 0 Å². The van der Waals surface area contributed by atoms with Crippen LogP contribution < -0.4 is 21.3 Å². The first-order valence-corrected chi connectivity index (χ1v) is 10.7. The molecule has 4 amide bonds. The van der Waals surface area contributed by atoms with E-state index in [-0.39, 0.29) is 72.1 Å². The molecule has 0 radical (unpaired) electrons. The molecule has 0 atom stereocenters. The normalized spacial score (nSPS) is 10.1. The summed E-state index contributed by atoms with van der Waals surface area (Å²) < 4.78 is 24.8. The van der Waals surface area contributed by atoms with E-state index in [9.17, 15) is 24.0 Å². The highest BCUT2D eigenvalue weighted by atomic mass is 16.6. The van der Waals surface area contributed by atoms with Crippen molar-refractivity contribution in [1.82, 2.24) is 21.3 Å². The van der Waals surface area contributed by atoms with E-state index in [1.54, 1.807) is 13.8 Å². The second-order valence-electron chi connectivity index (χ2n) is 6.34. The molecule has 0 aliphatic heterocycles. The van der Waals surface area contributed by atoms with Crippen molar-refractivity contribution in [1.29, 1.82) is 0 Å². The van der Waals surface area contributed by atoms with Crippen LogP contribution in [0.1, 0.15) is 26.7 Å². The van der Waals surface area contributed by atoms with Gasteiger partial charge in [-0.2, -0.15) is 0 Å². The zero-order valence-electron chi connectivity index (χ0n) is 19.4. The fourth-order valence-electron chi connectivity index (χ4n) is 2.08. The van der Waals surface area contributed by atoms with Crippen molar-refractivity contribution in [3.05, 3.63) is 0 Å². The molecule has 5 N–H and O–H groups in total. The fraction of sp³-hybridized carbons (Fsp3) is 0.737. The third kappa shape index (κ3) is 19.2. The number of ether oxygens (including phenoxy) is 5. The predicted octanol–water partition coefficient (Wildman–Crippen LogP) is 0.181. The van der Waals surface area contributed by atoms with Crippen LogP contribution in [0, 0.1) is 0 Å². The monoisotopic (exact) mass is 494 g/mol. The summed E-state index contributed by atoms with van der Waals surface area (Å²) in [5.74, 6) is -0.987. The molecular weight excluding hydrogens is 460 g/mol. The van der Waals surface area contributed by atoms with Crippen LogP contribution in [0.15, 0.2) is 0 Å². The predicted molar refractivity (Wildman–Crippen MR) is 115 cm³/mol. The zero-order valence-corrected chi connectivity index (χ0v) is 19.4. The minimum Gasteiger partial charge on any atom is -0.481 e. The third-order valence-corrected chi connectivity index (χ3v) is 3.57. The summed E-state index contributed by atoms with van der Waals surface area (Å²) in [6.07, 6.45) is -3.56. The standard InChI is InChI=1S/C19H34N4O11/c1-3-30-16(26)20-7-9-22-18(28)33-12-14(32-11-5-6-15(24)25)13-34-19(29)23-10-8-21-17(27)31-4-2/h14H,3-13H2,1-2H3,(H,20,26)(H,21,27)(H,22,28)(H,23,29)(H,24,25). The summed E-state index contributed by atoms with van der Waals surface area (Å²) in [6, 6.07) is 0. The first-order valence-electron chi connectivity index (χ1n) is 10.7. The molecule has 0 aliphatic carbocycles. The number of carboxylic acid groups (broad SMARTS) is 1. The van der Waals surface area contributed by atoms with Crippen LogP contribution in [-0.2, 0) is 28.5 Å². The van der Waals surface area contributed by atoms with Gasteiger partial charge in [0.2, 0.25) is 0 Å². The molecular formula is C19H34N4O11. The number of amides is 4. The lowest BCUT2D eigenvalue weighted by Crippen LogP contribution is -2.38. The van der Waals surface area contributed by atoms with E-state index in [1.165, 1.54) is 0 Å². The Kier molecular flexibility index (Phi) is 18.1. The van der Waals surface area contributed by atoms with Crippen molar-refractivity contribution in [3.8, 4) is 0 Å². The lowest BCUT2D eigenvalue weighted by atomic mass is 10.3. The zero-order chi connectivity index (χ0) is 25.6. The van der Waals surface area contributed by atoms with E-state index in [1.807, 2.05) is 0 Å². The molecule has 0 bridgehead atoms. The van der Waals surface area contributed by atoms with Gasteiger partial charge in [-0.1, -0.05) is 0 Å². The van der Waals surface area contributed by atoms with Crippen molar-refractivity contribution in [2.75, 3.05) is 59.2 Å². The van der Waals surface area contributed by atoms with E-state index in [4.69, 9.17) is 19.3 Å². The van der Waals surface area contributed by atoms with Crippen LogP contribution >= 0.6 is 0 Å². The number of carboxylic acids is 1. The summed E-state index contributed by atoms with van der Waals surface area (Å²) in [7, 11) is 0. The van der Waals surface area contributed by atoms with Gasteiger partial charge >= 0.3 is 30.3 Å². The molecule has 0 spiro atoms. The summed E-state index contributed by atoms with van der Waals surface area (Å²) in [4.78, 5) is 56.4. The summed E-state index contributed by atoms with van der Waals surface area (Å²) in [5, 5.41) is 18.3. The number of aliphatic carboxylic acids is 1. The number of hydrogen-bond donors (Lipinski definition) is 5. The second-order valence-corrected chi connectivity index (χ2v) is 6.34. The Balaban J connectivity index is 4.29. The first-order chi connectivity index (χ1) is 16.3. The van der Waals surface area contributed by atoms with Gasteiger partial charge in [0.05, 0.1) is 13.2 Å². The molecule has 0 aromatic carbocycles. The molecule has 15 nitrogen and oxygen atoms in total. The Hall–Kier alpha value is -3.49. The lowest BCUT2D eigenvalue weighted by molar-refractivity contribution is -0.137. The SMILES string of the molecule is CCOC(=O)NCCNC(=O)OCC(COC(=O)NCCNC(=O)OCC)OCCCC(=O)O. The summed E-state index contributed by atoms with van der Waals surface area (Å²) in [5.41, 5.74) is 0. The Labute approximate surface area is 197 Å². The van der Waals surface area contributed by atoms with Crippen LogP contribution in [-0.4, -0.2) is 101 Å². The van der Waals surface area contributed by atoms with Gasteiger partial charge < -0.3 is 50.1 Å². The molecule has 0 saturated heterocycles. The molecule has 0 heterocycles. The Morgan fingerprint density at radius 3 is 1.41 bits per heavy atom. The Bertz CT molecular complexity index is 591. The van der Waals surface area contributed by atoms with Crippen LogP contribution in [0.3, 0.4) is 0 Å². The van der Waals surface area contributed by atoms with E-state index >= 15 is 0 Å². The molecule has 0 aromatic rings. The largest absolute Gasteiger partial charge is 0.481 e. The van der Waals surface area contributed by atoms with Crippen LogP contribution in [0.25, 0.3) is 0 Å². The molecule has 15 heteroatoms. The molecule has 0 rings (SSSR count). The number of rotatable bonds is 17.